The zero-order valence-corrected chi connectivity index (χ0v) is 18.2. The molecule has 0 unspecified atom stereocenters. The normalized spacial score (nSPS) is 14.4. The van der Waals surface area contributed by atoms with Crippen LogP contribution in [0.1, 0.15) is 71.8 Å². The Kier molecular flexibility index (Phi) is 6.11. The summed E-state index contributed by atoms with van der Waals surface area (Å²) < 4.78 is 5.59. The van der Waals surface area contributed by atoms with Gasteiger partial charge in [0.15, 0.2) is 0 Å². The summed E-state index contributed by atoms with van der Waals surface area (Å²) in [6.07, 6.45) is 1.57. The number of hydrogen-bond donors (Lipinski definition) is 0. The van der Waals surface area contributed by atoms with Crippen molar-refractivity contribution in [3.8, 4) is 0 Å². The largest absolute Gasteiger partial charge is 0.457 e. The van der Waals surface area contributed by atoms with E-state index in [9.17, 15) is 9.59 Å². The third-order valence-electron chi connectivity index (χ3n) is 5.64. The highest BCUT2D eigenvalue weighted by molar-refractivity contribution is 5.89. The molecule has 1 fully saturated rings. The van der Waals surface area contributed by atoms with Gasteiger partial charge in [0.1, 0.15) is 6.61 Å². The Morgan fingerprint density at radius 2 is 1.69 bits per heavy atom. The summed E-state index contributed by atoms with van der Waals surface area (Å²) >= 11 is 0. The lowest BCUT2D eigenvalue weighted by Gasteiger charge is -2.22. The second kappa shape index (κ2) is 8.40. The third kappa shape index (κ3) is 5.06. The minimum Gasteiger partial charge on any atom is -0.457 e. The van der Waals surface area contributed by atoms with Gasteiger partial charge in [0.2, 0.25) is 5.91 Å². The molecule has 1 amide bonds. The van der Waals surface area contributed by atoms with Crippen LogP contribution in [0.4, 0.5) is 0 Å². The number of carbonyl (C=O) groups is 2. The molecule has 3 rings (SSSR count). The summed E-state index contributed by atoms with van der Waals surface area (Å²) in [6.45, 7) is 12.4. The highest BCUT2D eigenvalue weighted by atomic mass is 16.5. The molecule has 1 heterocycles. The first-order valence-corrected chi connectivity index (χ1v) is 10.3. The highest BCUT2D eigenvalue weighted by Gasteiger charge is 2.20. The van der Waals surface area contributed by atoms with Gasteiger partial charge in [0.05, 0.1) is 5.56 Å². The van der Waals surface area contributed by atoms with Crippen LogP contribution in [-0.2, 0) is 28.1 Å². The fourth-order valence-corrected chi connectivity index (χ4v) is 3.71. The van der Waals surface area contributed by atoms with Crippen LogP contribution in [0, 0.1) is 13.8 Å². The van der Waals surface area contributed by atoms with Crippen LogP contribution >= 0.6 is 0 Å². The minimum atomic E-state index is -0.326. The highest BCUT2D eigenvalue weighted by Crippen LogP contribution is 2.27. The first kappa shape index (κ1) is 21.1. The Balaban J connectivity index is 1.63. The number of likely N-dealkylation sites (tertiary alicyclic amines) is 1. The monoisotopic (exact) mass is 393 g/mol. The van der Waals surface area contributed by atoms with Crippen molar-refractivity contribution in [3.63, 3.8) is 0 Å². The van der Waals surface area contributed by atoms with Crippen molar-refractivity contribution >= 4 is 11.9 Å². The SMILES string of the molecule is Cc1cc(C(C)(C)C)cc(C)c1COC(=O)c1ccc(CN2CCCC2=O)cc1. The Morgan fingerprint density at radius 3 is 2.21 bits per heavy atom. The quantitative estimate of drug-likeness (QED) is 0.666. The fraction of sp³-hybridized carbons (Fsp3) is 0.440. The molecule has 4 nitrogen and oxygen atoms in total. The average molecular weight is 394 g/mol. The van der Waals surface area contributed by atoms with Crippen molar-refractivity contribution in [2.45, 2.75) is 66.0 Å². The predicted molar refractivity (Wildman–Crippen MR) is 115 cm³/mol. The second-order valence-corrected chi connectivity index (χ2v) is 9.03. The maximum atomic E-state index is 12.5. The van der Waals surface area contributed by atoms with Crippen molar-refractivity contribution in [1.29, 1.82) is 0 Å². The Hall–Kier alpha value is -2.62. The molecule has 2 aromatic carbocycles. The zero-order chi connectivity index (χ0) is 21.2. The maximum absolute atomic E-state index is 12.5. The lowest BCUT2D eigenvalue weighted by Crippen LogP contribution is -2.23. The average Bonchev–Trinajstić information content (AvgIpc) is 3.05. The molecule has 0 atom stereocenters. The first-order chi connectivity index (χ1) is 13.6. The van der Waals surface area contributed by atoms with Crippen molar-refractivity contribution < 1.29 is 14.3 Å². The van der Waals surface area contributed by atoms with E-state index >= 15 is 0 Å². The molecular formula is C25H31NO3. The van der Waals surface area contributed by atoms with Gasteiger partial charge >= 0.3 is 5.97 Å². The first-order valence-electron chi connectivity index (χ1n) is 10.3. The van der Waals surface area contributed by atoms with Crippen molar-refractivity contribution in [2.75, 3.05) is 6.54 Å². The Morgan fingerprint density at radius 1 is 1.07 bits per heavy atom. The van der Waals surface area contributed by atoms with Gasteiger partial charge in [-0.2, -0.15) is 0 Å². The van der Waals surface area contributed by atoms with E-state index in [4.69, 9.17) is 4.74 Å². The summed E-state index contributed by atoms with van der Waals surface area (Å²) in [4.78, 5) is 26.1. The van der Waals surface area contributed by atoms with Gasteiger partial charge in [-0.25, -0.2) is 4.79 Å². The number of ether oxygens (including phenoxy) is 1. The number of benzene rings is 2. The van der Waals surface area contributed by atoms with Crippen LogP contribution in [0.5, 0.6) is 0 Å². The molecule has 0 radical (unpaired) electrons. The summed E-state index contributed by atoms with van der Waals surface area (Å²) in [7, 11) is 0. The molecular weight excluding hydrogens is 362 g/mol. The molecule has 0 aliphatic carbocycles. The fourth-order valence-electron chi connectivity index (χ4n) is 3.71. The summed E-state index contributed by atoms with van der Waals surface area (Å²) in [6, 6.07) is 11.7. The second-order valence-electron chi connectivity index (χ2n) is 9.03. The van der Waals surface area contributed by atoms with Crippen LogP contribution in [0.3, 0.4) is 0 Å². The van der Waals surface area contributed by atoms with E-state index in [0.717, 1.165) is 35.2 Å². The van der Waals surface area contributed by atoms with E-state index in [1.807, 2.05) is 17.0 Å². The number of nitrogens with zero attached hydrogens (tertiary/aromatic N) is 1. The molecule has 1 aliphatic rings. The van der Waals surface area contributed by atoms with E-state index in [1.165, 1.54) is 5.56 Å². The Bertz CT molecular complexity index is 884. The van der Waals surface area contributed by atoms with Crippen molar-refractivity contribution in [1.82, 2.24) is 4.90 Å². The molecule has 0 spiro atoms. The van der Waals surface area contributed by atoms with Gasteiger partial charge < -0.3 is 9.64 Å². The molecule has 4 heteroatoms. The number of esters is 1. The van der Waals surface area contributed by atoms with Crippen LogP contribution < -0.4 is 0 Å². The lowest BCUT2D eigenvalue weighted by atomic mass is 9.84. The van der Waals surface area contributed by atoms with E-state index in [1.54, 1.807) is 12.1 Å². The molecule has 0 N–H and O–H groups in total. The maximum Gasteiger partial charge on any atom is 0.338 e. The minimum absolute atomic E-state index is 0.0894. The summed E-state index contributed by atoms with van der Waals surface area (Å²) in [5.74, 6) is -0.121. The van der Waals surface area contributed by atoms with E-state index in [0.29, 0.717) is 18.5 Å². The summed E-state index contributed by atoms with van der Waals surface area (Å²) in [5.41, 5.74) is 6.29. The standard InChI is InChI=1S/C25H31NO3/c1-17-13-21(25(3,4)5)14-18(2)22(17)16-29-24(28)20-10-8-19(9-11-20)15-26-12-6-7-23(26)27/h8-11,13-14H,6-7,12,15-16H2,1-5H3. The molecule has 2 aromatic rings. The molecule has 29 heavy (non-hydrogen) atoms. The molecule has 1 aliphatic heterocycles. The van der Waals surface area contributed by atoms with Gasteiger partial charge in [0, 0.05) is 19.5 Å². The molecule has 1 saturated heterocycles. The van der Waals surface area contributed by atoms with Gasteiger partial charge in [0.25, 0.3) is 0 Å². The van der Waals surface area contributed by atoms with Crippen molar-refractivity contribution in [3.05, 3.63) is 69.8 Å². The third-order valence-corrected chi connectivity index (χ3v) is 5.64. The number of carbonyl (C=O) groups excluding carboxylic acids is 2. The van der Waals surface area contributed by atoms with E-state index in [-0.39, 0.29) is 23.9 Å². The predicted octanol–water partition coefficient (Wildman–Crippen LogP) is 5.08. The van der Waals surface area contributed by atoms with Gasteiger partial charge in [-0.3, -0.25) is 4.79 Å². The molecule has 0 aromatic heterocycles. The van der Waals surface area contributed by atoms with Crippen LogP contribution in [0.2, 0.25) is 0 Å². The summed E-state index contributed by atoms with van der Waals surface area (Å²) in [5, 5.41) is 0. The number of hydrogen-bond acceptors (Lipinski definition) is 3. The topological polar surface area (TPSA) is 46.6 Å². The number of aryl methyl sites for hydroxylation is 2. The van der Waals surface area contributed by atoms with Gasteiger partial charge in [-0.1, -0.05) is 45.0 Å². The van der Waals surface area contributed by atoms with Crippen LogP contribution in [-0.4, -0.2) is 23.3 Å². The van der Waals surface area contributed by atoms with E-state index in [2.05, 4.69) is 46.8 Å². The van der Waals surface area contributed by atoms with E-state index < -0.39 is 0 Å². The van der Waals surface area contributed by atoms with Gasteiger partial charge in [-0.15, -0.1) is 0 Å². The van der Waals surface area contributed by atoms with Gasteiger partial charge in [-0.05, 0) is 65.6 Å². The Labute approximate surface area is 173 Å². The van der Waals surface area contributed by atoms with Crippen LogP contribution in [0.25, 0.3) is 0 Å². The number of amides is 1. The van der Waals surface area contributed by atoms with Crippen molar-refractivity contribution in [2.24, 2.45) is 0 Å². The molecule has 0 bridgehead atoms. The van der Waals surface area contributed by atoms with Crippen LogP contribution in [0.15, 0.2) is 36.4 Å². The zero-order valence-electron chi connectivity index (χ0n) is 18.2. The lowest BCUT2D eigenvalue weighted by molar-refractivity contribution is -0.128. The number of rotatable bonds is 5. The molecule has 154 valence electrons. The molecule has 0 saturated carbocycles. The smallest absolute Gasteiger partial charge is 0.338 e.